The van der Waals surface area contributed by atoms with Crippen LogP contribution >= 0.6 is 22.7 Å². The van der Waals surface area contributed by atoms with Crippen LogP contribution in [0.1, 0.15) is 10.4 Å². The molecule has 4 aromatic rings. The first-order chi connectivity index (χ1) is 13.7. The van der Waals surface area contributed by atoms with Gasteiger partial charge in [0.25, 0.3) is 5.70 Å². The molecule has 0 saturated heterocycles. The lowest BCUT2D eigenvalue weighted by molar-refractivity contribution is 0.650. The molecule has 0 radical (unpaired) electrons. The summed E-state index contributed by atoms with van der Waals surface area (Å²) in [6.45, 7) is 7.67. The lowest BCUT2D eigenvalue weighted by atomic mass is 10.2. The molecule has 0 atom stereocenters. The van der Waals surface area contributed by atoms with Crippen molar-refractivity contribution in [1.82, 2.24) is 15.0 Å². The van der Waals surface area contributed by atoms with Gasteiger partial charge in [-0.05, 0) is 35.9 Å². The maximum Gasteiger partial charge on any atom is 0.263 e. The van der Waals surface area contributed by atoms with Crippen molar-refractivity contribution in [3.8, 4) is 26.4 Å². The number of rotatable bonds is 5. The quantitative estimate of drug-likeness (QED) is 0.326. The van der Waals surface area contributed by atoms with Gasteiger partial charge < -0.3 is 0 Å². The van der Waals surface area contributed by atoms with Crippen molar-refractivity contribution in [1.29, 1.82) is 5.26 Å². The molecule has 0 aliphatic rings. The van der Waals surface area contributed by atoms with Gasteiger partial charge in [-0.3, -0.25) is 0 Å². The predicted octanol–water partition coefficient (Wildman–Crippen LogP) is 5.57. The van der Waals surface area contributed by atoms with Gasteiger partial charge in [-0.2, -0.15) is 0 Å². The molecule has 3 aromatic heterocycles. The van der Waals surface area contributed by atoms with Gasteiger partial charge in [-0.15, -0.1) is 27.8 Å². The van der Waals surface area contributed by atoms with Crippen molar-refractivity contribution < 1.29 is 0 Å². The molecular formula is C21H13N5S2. The van der Waals surface area contributed by atoms with E-state index in [1.807, 2.05) is 53.3 Å². The van der Waals surface area contributed by atoms with Gasteiger partial charge in [0.1, 0.15) is 5.69 Å². The first-order valence-electron chi connectivity index (χ1n) is 8.39. The lowest BCUT2D eigenvalue weighted by Crippen LogP contribution is -1.99. The van der Waals surface area contributed by atoms with Crippen molar-refractivity contribution in [3.05, 3.63) is 88.3 Å². The van der Waals surface area contributed by atoms with E-state index >= 15 is 0 Å². The Hall–Kier alpha value is -3.52. The first-order valence-corrected chi connectivity index (χ1v) is 10.0. The fraction of sp³-hybridized carbons (Fsp3) is 0.0476. The van der Waals surface area contributed by atoms with E-state index in [-0.39, 0.29) is 5.70 Å². The third-order valence-electron chi connectivity index (χ3n) is 3.97. The van der Waals surface area contributed by atoms with Crippen LogP contribution in [0.5, 0.6) is 0 Å². The minimum atomic E-state index is 0.0929. The highest BCUT2D eigenvalue weighted by atomic mass is 32.1. The van der Waals surface area contributed by atoms with E-state index in [1.165, 1.54) is 5.56 Å². The third-order valence-corrected chi connectivity index (χ3v) is 6.30. The number of hydrogen-bond donors (Lipinski definition) is 0. The summed E-state index contributed by atoms with van der Waals surface area (Å²) in [6.07, 6.45) is 3.57. The number of nitriles is 1. The minimum absolute atomic E-state index is 0.0929. The molecule has 5 nitrogen and oxygen atoms in total. The molecule has 134 valence electrons. The molecule has 0 N–H and O–H groups in total. The highest BCUT2D eigenvalue weighted by Crippen LogP contribution is 2.37. The number of thiophene rings is 2. The topological polar surface area (TPSA) is 58.9 Å². The Morgan fingerprint density at radius 3 is 2.61 bits per heavy atom. The summed E-state index contributed by atoms with van der Waals surface area (Å²) >= 11 is 3.21. The van der Waals surface area contributed by atoms with Crippen LogP contribution in [0.2, 0.25) is 0 Å². The molecule has 3 heterocycles. The Balaban J connectivity index is 1.53. The van der Waals surface area contributed by atoms with E-state index in [0.717, 1.165) is 25.2 Å². The van der Waals surface area contributed by atoms with Crippen LogP contribution in [0.15, 0.2) is 66.5 Å². The molecule has 0 aliphatic heterocycles. The summed E-state index contributed by atoms with van der Waals surface area (Å²) in [5, 5.41) is 17.4. The normalized spacial score (nSPS) is 11.1. The molecule has 0 amide bonds. The number of allylic oxidation sites excluding steroid dienone is 1. The molecule has 0 bridgehead atoms. The van der Waals surface area contributed by atoms with Crippen LogP contribution in [0.25, 0.3) is 31.2 Å². The molecule has 28 heavy (non-hydrogen) atoms. The Kier molecular flexibility index (Phi) is 5.11. The molecule has 0 spiro atoms. The minimum Gasteiger partial charge on any atom is -0.247 e. The summed E-state index contributed by atoms with van der Waals surface area (Å²) in [5.74, 6) is 0. The second kappa shape index (κ2) is 8.01. The van der Waals surface area contributed by atoms with Gasteiger partial charge in [0.15, 0.2) is 0 Å². The monoisotopic (exact) mass is 399 g/mol. The smallest absolute Gasteiger partial charge is 0.247 e. The Bertz CT molecular complexity index is 1200. The van der Waals surface area contributed by atoms with Gasteiger partial charge in [0.2, 0.25) is 0 Å². The molecule has 0 aliphatic carbocycles. The summed E-state index contributed by atoms with van der Waals surface area (Å²) in [6, 6.07) is 20.1. The Morgan fingerprint density at radius 1 is 1.07 bits per heavy atom. The van der Waals surface area contributed by atoms with Crippen molar-refractivity contribution in [2.24, 2.45) is 0 Å². The molecule has 7 heteroatoms. The van der Waals surface area contributed by atoms with E-state index in [1.54, 1.807) is 28.7 Å². The summed E-state index contributed by atoms with van der Waals surface area (Å²) in [7, 11) is 0. The van der Waals surface area contributed by atoms with E-state index in [2.05, 4.69) is 33.4 Å². The van der Waals surface area contributed by atoms with Crippen molar-refractivity contribution in [3.63, 3.8) is 0 Å². The van der Waals surface area contributed by atoms with Gasteiger partial charge in [0, 0.05) is 14.6 Å². The molecule has 0 saturated carbocycles. The van der Waals surface area contributed by atoms with Gasteiger partial charge >= 0.3 is 0 Å². The number of hydrogen-bond acceptors (Lipinski definition) is 5. The largest absolute Gasteiger partial charge is 0.263 e. The zero-order chi connectivity index (χ0) is 19.3. The summed E-state index contributed by atoms with van der Waals surface area (Å²) in [4.78, 5) is 7.37. The van der Waals surface area contributed by atoms with Crippen molar-refractivity contribution in [2.75, 3.05) is 0 Å². The van der Waals surface area contributed by atoms with E-state index in [9.17, 15) is 0 Å². The fourth-order valence-corrected chi connectivity index (χ4v) is 4.65. The number of benzene rings is 1. The second-order valence-electron chi connectivity index (χ2n) is 5.91. The molecule has 0 fully saturated rings. The molecular weight excluding hydrogens is 386 g/mol. The van der Waals surface area contributed by atoms with E-state index < -0.39 is 0 Å². The van der Waals surface area contributed by atoms with Crippen LogP contribution in [0, 0.1) is 17.9 Å². The van der Waals surface area contributed by atoms with Crippen molar-refractivity contribution >= 4 is 28.7 Å². The maximum atomic E-state index is 8.90. The van der Waals surface area contributed by atoms with E-state index in [0.29, 0.717) is 6.54 Å². The second-order valence-corrected chi connectivity index (χ2v) is 8.11. The zero-order valence-electron chi connectivity index (χ0n) is 14.6. The van der Waals surface area contributed by atoms with Crippen LogP contribution < -0.4 is 0 Å². The third kappa shape index (κ3) is 3.91. The average molecular weight is 400 g/mol. The summed E-state index contributed by atoms with van der Waals surface area (Å²) in [5.41, 5.74) is 2.13. The van der Waals surface area contributed by atoms with Crippen LogP contribution in [0.3, 0.4) is 0 Å². The maximum absolute atomic E-state index is 8.90. The highest BCUT2D eigenvalue weighted by molar-refractivity contribution is 7.24. The van der Waals surface area contributed by atoms with Crippen LogP contribution in [-0.4, -0.2) is 15.0 Å². The average Bonchev–Trinajstić information content (AvgIpc) is 3.47. The molecule has 0 unspecified atom stereocenters. The standard InChI is InChI=1S/C21H13N5S2/c1-23-16(12-22)11-17-7-8-20(27-17)21-10-9-19(28-21)18-14-26(25-24-18)13-15-5-3-2-4-6-15/h2-11,14H,13H2/b16-11-. The Morgan fingerprint density at radius 2 is 1.82 bits per heavy atom. The lowest BCUT2D eigenvalue weighted by Gasteiger charge is -1.99. The molecule has 4 rings (SSSR count). The first kappa shape index (κ1) is 17.9. The fourth-order valence-electron chi connectivity index (χ4n) is 2.65. The van der Waals surface area contributed by atoms with Crippen LogP contribution in [-0.2, 0) is 6.54 Å². The Labute approximate surface area is 170 Å². The molecule has 1 aromatic carbocycles. The van der Waals surface area contributed by atoms with Gasteiger partial charge in [-0.25, -0.2) is 14.8 Å². The van der Waals surface area contributed by atoms with Crippen molar-refractivity contribution in [2.45, 2.75) is 6.54 Å². The van der Waals surface area contributed by atoms with Crippen LogP contribution in [0.4, 0.5) is 0 Å². The SMILES string of the molecule is [C-]#[N+]/C(C#N)=C\c1ccc(-c2ccc(-c3cn(Cc4ccccc4)nn3)s2)s1. The number of nitrogens with zero attached hydrogens (tertiary/aromatic N) is 5. The van der Waals surface area contributed by atoms with E-state index in [4.69, 9.17) is 11.8 Å². The highest BCUT2D eigenvalue weighted by Gasteiger charge is 2.10. The zero-order valence-corrected chi connectivity index (χ0v) is 16.2. The predicted molar refractivity (Wildman–Crippen MR) is 112 cm³/mol. The van der Waals surface area contributed by atoms with Gasteiger partial charge in [0.05, 0.1) is 30.3 Å². The number of aromatic nitrogens is 3. The van der Waals surface area contributed by atoms with Gasteiger partial charge in [-0.1, -0.05) is 35.5 Å². The summed E-state index contributed by atoms with van der Waals surface area (Å²) < 4.78 is 1.84.